The molecule has 5 heteroatoms. The Kier molecular flexibility index (Phi) is 6.21. The lowest BCUT2D eigenvalue weighted by Gasteiger charge is -2.01. The van der Waals surface area contributed by atoms with Crippen molar-refractivity contribution in [2.45, 2.75) is 12.8 Å². The Morgan fingerprint density at radius 3 is 1.21 bits per heavy atom. The highest BCUT2D eigenvalue weighted by atomic mass is 32.3. The topological polar surface area (TPSA) is 74.6 Å². The summed E-state index contributed by atoms with van der Waals surface area (Å²) in [5.74, 6) is 0. The first-order chi connectivity index (χ1) is 8.95. The Hall–Kier alpha value is -1.69. The van der Waals surface area contributed by atoms with Gasteiger partial charge in [0.25, 0.3) is 0 Å². The molecule has 2 aromatic rings. The first-order valence-electron chi connectivity index (χ1n) is 5.73. The van der Waals surface area contributed by atoms with Gasteiger partial charge in [-0.15, -0.1) is 0 Å². The Bertz CT molecular complexity index is 517. The SMILES string of the molecule is O=S(=O)(O)O.c1ccc(CCc2ccccc2)cc1. The molecule has 0 atom stereocenters. The molecule has 0 aromatic heterocycles. The van der Waals surface area contributed by atoms with Gasteiger partial charge in [-0.05, 0) is 24.0 Å². The van der Waals surface area contributed by atoms with Crippen LogP contribution in [-0.2, 0) is 23.2 Å². The molecule has 0 spiro atoms. The minimum Gasteiger partial charge on any atom is -0.264 e. The third kappa shape index (κ3) is 8.96. The molecule has 0 aliphatic carbocycles. The van der Waals surface area contributed by atoms with Crippen molar-refractivity contribution in [2.24, 2.45) is 0 Å². The molecular formula is C14H16O4S. The van der Waals surface area contributed by atoms with E-state index in [-0.39, 0.29) is 0 Å². The van der Waals surface area contributed by atoms with Crippen molar-refractivity contribution in [3.05, 3.63) is 71.8 Å². The Labute approximate surface area is 113 Å². The fourth-order valence-corrected chi connectivity index (χ4v) is 1.58. The smallest absolute Gasteiger partial charge is 0.264 e. The van der Waals surface area contributed by atoms with Crippen LogP contribution < -0.4 is 0 Å². The summed E-state index contributed by atoms with van der Waals surface area (Å²) in [7, 11) is -4.67. The maximum absolute atomic E-state index is 8.74. The molecule has 0 unspecified atom stereocenters. The van der Waals surface area contributed by atoms with E-state index in [9.17, 15) is 0 Å². The van der Waals surface area contributed by atoms with Gasteiger partial charge in [-0.25, -0.2) is 0 Å². The molecule has 0 saturated carbocycles. The highest BCUT2D eigenvalue weighted by Crippen LogP contribution is 2.06. The van der Waals surface area contributed by atoms with E-state index in [1.807, 2.05) is 0 Å². The monoisotopic (exact) mass is 280 g/mol. The quantitative estimate of drug-likeness (QED) is 0.848. The molecule has 102 valence electrons. The van der Waals surface area contributed by atoms with E-state index in [1.165, 1.54) is 11.1 Å². The van der Waals surface area contributed by atoms with Crippen molar-refractivity contribution in [1.82, 2.24) is 0 Å². The highest BCUT2D eigenvalue weighted by molar-refractivity contribution is 7.79. The fourth-order valence-electron chi connectivity index (χ4n) is 1.58. The maximum atomic E-state index is 8.74. The zero-order chi connectivity index (χ0) is 14.1. The Morgan fingerprint density at radius 2 is 0.947 bits per heavy atom. The minimum absolute atomic E-state index is 1.13. The summed E-state index contributed by atoms with van der Waals surface area (Å²) in [6, 6.07) is 21.2. The van der Waals surface area contributed by atoms with E-state index < -0.39 is 10.4 Å². The van der Waals surface area contributed by atoms with Gasteiger partial charge in [0, 0.05) is 0 Å². The van der Waals surface area contributed by atoms with Gasteiger partial charge in [0.2, 0.25) is 0 Å². The minimum atomic E-state index is -4.67. The molecule has 0 saturated heterocycles. The normalized spacial score (nSPS) is 10.4. The van der Waals surface area contributed by atoms with E-state index in [1.54, 1.807) is 0 Å². The second-order valence-electron chi connectivity index (χ2n) is 3.92. The van der Waals surface area contributed by atoms with Crippen LogP contribution in [0.3, 0.4) is 0 Å². The molecule has 0 aliphatic heterocycles. The number of benzene rings is 2. The lowest BCUT2D eigenvalue weighted by molar-refractivity contribution is 0.381. The number of aryl methyl sites for hydroxylation is 2. The average Bonchev–Trinajstić information content (AvgIpc) is 2.37. The summed E-state index contributed by atoms with van der Waals surface area (Å²) in [5.41, 5.74) is 2.83. The van der Waals surface area contributed by atoms with Crippen LogP contribution >= 0.6 is 0 Å². The van der Waals surface area contributed by atoms with Crippen LogP contribution in [0, 0.1) is 0 Å². The van der Waals surface area contributed by atoms with Crippen molar-refractivity contribution in [3.63, 3.8) is 0 Å². The Morgan fingerprint density at radius 1 is 0.684 bits per heavy atom. The van der Waals surface area contributed by atoms with E-state index in [0.717, 1.165) is 12.8 Å². The third-order valence-electron chi connectivity index (χ3n) is 2.39. The van der Waals surface area contributed by atoms with Crippen LogP contribution in [0.5, 0.6) is 0 Å². The van der Waals surface area contributed by atoms with Gasteiger partial charge < -0.3 is 0 Å². The molecule has 0 radical (unpaired) electrons. The van der Waals surface area contributed by atoms with Crippen molar-refractivity contribution in [1.29, 1.82) is 0 Å². The highest BCUT2D eigenvalue weighted by Gasteiger charge is 1.93. The van der Waals surface area contributed by atoms with Crippen LogP contribution in [0.1, 0.15) is 11.1 Å². The van der Waals surface area contributed by atoms with Gasteiger partial charge in [0.1, 0.15) is 0 Å². The molecule has 19 heavy (non-hydrogen) atoms. The zero-order valence-electron chi connectivity index (χ0n) is 10.3. The number of rotatable bonds is 3. The van der Waals surface area contributed by atoms with Gasteiger partial charge in [-0.1, -0.05) is 60.7 Å². The molecule has 0 bridgehead atoms. The predicted molar refractivity (Wildman–Crippen MR) is 74.5 cm³/mol. The van der Waals surface area contributed by atoms with Crippen molar-refractivity contribution in [3.8, 4) is 0 Å². The predicted octanol–water partition coefficient (Wildman–Crippen LogP) is 2.82. The molecule has 4 nitrogen and oxygen atoms in total. The second kappa shape index (κ2) is 7.68. The third-order valence-corrected chi connectivity index (χ3v) is 2.39. The van der Waals surface area contributed by atoms with Crippen LogP contribution in [0.15, 0.2) is 60.7 Å². The van der Waals surface area contributed by atoms with Crippen LogP contribution in [0.2, 0.25) is 0 Å². The van der Waals surface area contributed by atoms with Crippen LogP contribution in [0.4, 0.5) is 0 Å². The van der Waals surface area contributed by atoms with E-state index in [4.69, 9.17) is 17.5 Å². The van der Waals surface area contributed by atoms with Gasteiger partial charge >= 0.3 is 10.4 Å². The van der Waals surface area contributed by atoms with Crippen molar-refractivity contribution >= 4 is 10.4 Å². The molecule has 0 fully saturated rings. The summed E-state index contributed by atoms with van der Waals surface area (Å²) >= 11 is 0. The molecule has 0 aliphatic rings. The summed E-state index contributed by atoms with van der Waals surface area (Å²) in [5, 5.41) is 0. The lowest BCUT2D eigenvalue weighted by Crippen LogP contribution is -1.89. The summed E-state index contributed by atoms with van der Waals surface area (Å²) < 4.78 is 31.6. The lowest BCUT2D eigenvalue weighted by atomic mass is 10.0. The molecule has 2 rings (SSSR count). The first kappa shape index (κ1) is 15.4. The van der Waals surface area contributed by atoms with Crippen LogP contribution in [-0.4, -0.2) is 17.5 Å². The van der Waals surface area contributed by atoms with E-state index in [0.29, 0.717) is 0 Å². The molecule has 2 aromatic carbocycles. The molecule has 0 amide bonds. The maximum Gasteiger partial charge on any atom is 0.394 e. The average molecular weight is 280 g/mol. The molecular weight excluding hydrogens is 264 g/mol. The first-order valence-corrected chi connectivity index (χ1v) is 7.12. The fraction of sp³-hybridized carbons (Fsp3) is 0.143. The van der Waals surface area contributed by atoms with E-state index >= 15 is 0 Å². The van der Waals surface area contributed by atoms with E-state index in [2.05, 4.69) is 60.7 Å². The molecule has 2 N–H and O–H groups in total. The summed E-state index contributed by atoms with van der Waals surface area (Å²) in [6.07, 6.45) is 2.26. The van der Waals surface area contributed by atoms with Gasteiger partial charge in [0.15, 0.2) is 0 Å². The number of hydrogen-bond acceptors (Lipinski definition) is 2. The van der Waals surface area contributed by atoms with Gasteiger partial charge in [-0.3, -0.25) is 9.11 Å². The van der Waals surface area contributed by atoms with Crippen molar-refractivity contribution in [2.75, 3.05) is 0 Å². The van der Waals surface area contributed by atoms with Crippen LogP contribution in [0.25, 0.3) is 0 Å². The summed E-state index contributed by atoms with van der Waals surface area (Å²) in [6.45, 7) is 0. The number of hydrogen-bond donors (Lipinski definition) is 2. The Balaban J connectivity index is 0.000000312. The zero-order valence-corrected chi connectivity index (χ0v) is 11.1. The largest absolute Gasteiger partial charge is 0.394 e. The van der Waals surface area contributed by atoms with Gasteiger partial charge in [0.05, 0.1) is 0 Å². The molecule has 0 heterocycles. The summed E-state index contributed by atoms with van der Waals surface area (Å²) in [4.78, 5) is 0. The second-order valence-corrected chi connectivity index (χ2v) is 4.81. The van der Waals surface area contributed by atoms with Gasteiger partial charge in [-0.2, -0.15) is 8.42 Å². The standard InChI is InChI=1S/C14H14.H2O4S/c1-3-7-13(8-4-1)11-12-14-9-5-2-6-10-14;1-5(2,3)4/h1-10H,11-12H2;(H2,1,2,3,4). The van der Waals surface area contributed by atoms with Crippen molar-refractivity contribution < 1.29 is 17.5 Å².